The summed E-state index contributed by atoms with van der Waals surface area (Å²) in [5.41, 5.74) is 2.04. The van der Waals surface area contributed by atoms with Crippen molar-refractivity contribution in [2.45, 2.75) is 45.8 Å². The maximum absolute atomic E-state index is 10.3. The number of phenolic OH excluding ortho intramolecular Hbond substituents is 1. The number of nitrogens with one attached hydrogen (secondary N) is 1. The lowest BCUT2D eigenvalue weighted by Crippen LogP contribution is -2.30. The Morgan fingerprint density at radius 1 is 1.48 bits per heavy atom. The van der Waals surface area contributed by atoms with Gasteiger partial charge in [0.15, 0.2) is 0 Å². The van der Waals surface area contributed by atoms with E-state index in [2.05, 4.69) is 37.1 Å². The van der Waals surface area contributed by atoms with Crippen molar-refractivity contribution in [3.05, 3.63) is 23.8 Å². The van der Waals surface area contributed by atoms with Gasteiger partial charge >= 0.3 is 0 Å². The number of benzene rings is 1. The fourth-order valence-electron chi connectivity index (χ4n) is 2.79. The molecule has 2 atom stereocenters. The van der Waals surface area contributed by atoms with E-state index >= 15 is 0 Å². The van der Waals surface area contributed by atoms with Gasteiger partial charge in [0.05, 0.1) is 6.10 Å². The smallest absolute Gasteiger partial charge is 0.122 e. The van der Waals surface area contributed by atoms with Crippen molar-refractivity contribution < 1.29 is 9.84 Å². The topological polar surface area (TPSA) is 44.7 Å². The Hall–Kier alpha value is -1.26. The summed E-state index contributed by atoms with van der Waals surface area (Å²) in [6, 6.07) is 6.20. The van der Waals surface area contributed by atoms with Gasteiger partial charge < -0.3 is 20.1 Å². The highest BCUT2D eigenvalue weighted by molar-refractivity contribution is 5.54. The first-order chi connectivity index (χ1) is 10.1. The number of rotatable bonds is 5. The third-order valence-electron chi connectivity index (χ3n) is 4.00. The summed E-state index contributed by atoms with van der Waals surface area (Å²) in [7, 11) is 0. The van der Waals surface area contributed by atoms with Gasteiger partial charge in [0.2, 0.25) is 0 Å². The summed E-state index contributed by atoms with van der Waals surface area (Å²) >= 11 is 0. The van der Waals surface area contributed by atoms with Crippen LogP contribution in [0.4, 0.5) is 5.69 Å². The number of hydrogen-bond donors (Lipinski definition) is 2. The van der Waals surface area contributed by atoms with Crippen LogP contribution in [0.1, 0.15) is 45.2 Å². The molecule has 1 aliphatic rings. The highest BCUT2D eigenvalue weighted by Crippen LogP contribution is 2.29. The normalized spacial score (nSPS) is 21.1. The first-order valence-electron chi connectivity index (χ1n) is 8.04. The maximum atomic E-state index is 10.3. The first-order valence-corrected chi connectivity index (χ1v) is 8.04. The summed E-state index contributed by atoms with van der Waals surface area (Å²) < 4.78 is 5.68. The summed E-state index contributed by atoms with van der Waals surface area (Å²) in [6.45, 7) is 9.97. The molecular formula is C17H28N2O2. The number of phenols is 1. The second-order valence-electron chi connectivity index (χ2n) is 5.90. The average molecular weight is 292 g/mol. The standard InChI is InChI=1S/C17H28N2O2/c1-4-8-18-14(3)16-7-6-15(11-17(16)20)19-9-5-10-21-13(2)12-19/h6-7,11,13-14,18,20H,4-5,8-10,12H2,1-3H3. The quantitative estimate of drug-likeness (QED) is 0.875. The Morgan fingerprint density at radius 3 is 3.00 bits per heavy atom. The SMILES string of the molecule is CCCNC(C)c1ccc(N2CCCOC(C)C2)cc1O. The van der Waals surface area contributed by atoms with Crippen molar-refractivity contribution in [1.82, 2.24) is 5.32 Å². The van der Waals surface area contributed by atoms with Crippen LogP contribution >= 0.6 is 0 Å². The number of ether oxygens (including phenoxy) is 1. The summed E-state index contributed by atoms with van der Waals surface area (Å²) in [5, 5.41) is 13.7. The van der Waals surface area contributed by atoms with Gasteiger partial charge in [0, 0.05) is 43.1 Å². The van der Waals surface area contributed by atoms with Crippen LogP contribution in [-0.2, 0) is 4.74 Å². The molecule has 4 heteroatoms. The predicted molar refractivity (Wildman–Crippen MR) is 87.1 cm³/mol. The predicted octanol–water partition coefficient (Wildman–Crippen LogP) is 3.07. The van der Waals surface area contributed by atoms with Crippen molar-refractivity contribution in [3.8, 4) is 5.75 Å². The zero-order valence-electron chi connectivity index (χ0n) is 13.4. The zero-order chi connectivity index (χ0) is 15.2. The van der Waals surface area contributed by atoms with Crippen LogP contribution < -0.4 is 10.2 Å². The second-order valence-corrected chi connectivity index (χ2v) is 5.90. The van der Waals surface area contributed by atoms with Gasteiger partial charge in [-0.15, -0.1) is 0 Å². The van der Waals surface area contributed by atoms with Gasteiger partial charge in [-0.2, -0.15) is 0 Å². The highest BCUT2D eigenvalue weighted by Gasteiger charge is 2.17. The third-order valence-corrected chi connectivity index (χ3v) is 4.00. The van der Waals surface area contributed by atoms with E-state index in [9.17, 15) is 5.11 Å². The second kappa shape index (κ2) is 7.66. The fourth-order valence-corrected chi connectivity index (χ4v) is 2.79. The lowest BCUT2D eigenvalue weighted by Gasteiger charge is -2.25. The van der Waals surface area contributed by atoms with Crippen LogP contribution in [0.5, 0.6) is 5.75 Å². The molecule has 0 spiro atoms. The molecular weight excluding hydrogens is 264 g/mol. The molecule has 1 fully saturated rings. The van der Waals surface area contributed by atoms with E-state index in [0.29, 0.717) is 5.75 Å². The monoisotopic (exact) mass is 292 g/mol. The van der Waals surface area contributed by atoms with E-state index in [0.717, 1.165) is 50.3 Å². The van der Waals surface area contributed by atoms with E-state index in [1.165, 1.54) is 0 Å². The average Bonchev–Trinajstić information content (AvgIpc) is 2.69. The van der Waals surface area contributed by atoms with Crippen LogP contribution in [0.25, 0.3) is 0 Å². The fraction of sp³-hybridized carbons (Fsp3) is 0.647. The van der Waals surface area contributed by atoms with Gasteiger partial charge in [-0.1, -0.05) is 13.0 Å². The Labute approximate surface area is 128 Å². The van der Waals surface area contributed by atoms with Gasteiger partial charge in [-0.25, -0.2) is 0 Å². The molecule has 118 valence electrons. The molecule has 2 N–H and O–H groups in total. The minimum absolute atomic E-state index is 0.172. The summed E-state index contributed by atoms with van der Waals surface area (Å²) in [6.07, 6.45) is 2.36. The van der Waals surface area contributed by atoms with E-state index < -0.39 is 0 Å². The van der Waals surface area contributed by atoms with Crippen molar-refractivity contribution >= 4 is 5.69 Å². The van der Waals surface area contributed by atoms with Gasteiger partial charge in [-0.05, 0) is 39.3 Å². The van der Waals surface area contributed by atoms with Crippen LogP contribution in [-0.4, -0.2) is 37.5 Å². The van der Waals surface area contributed by atoms with Gasteiger partial charge in [-0.3, -0.25) is 0 Å². The Kier molecular flexibility index (Phi) is 5.88. The summed E-state index contributed by atoms with van der Waals surface area (Å²) in [4.78, 5) is 2.30. The molecule has 4 nitrogen and oxygen atoms in total. The largest absolute Gasteiger partial charge is 0.508 e. The number of hydrogen-bond acceptors (Lipinski definition) is 4. The highest BCUT2D eigenvalue weighted by atomic mass is 16.5. The van der Waals surface area contributed by atoms with Crippen LogP contribution in [0, 0.1) is 0 Å². The lowest BCUT2D eigenvalue weighted by atomic mass is 10.1. The Balaban J connectivity index is 2.10. The molecule has 0 amide bonds. The number of aromatic hydroxyl groups is 1. The van der Waals surface area contributed by atoms with Gasteiger partial charge in [0.25, 0.3) is 0 Å². The molecule has 1 aromatic carbocycles. The molecule has 1 saturated heterocycles. The molecule has 0 aliphatic carbocycles. The molecule has 0 radical (unpaired) electrons. The maximum Gasteiger partial charge on any atom is 0.122 e. The molecule has 2 unspecified atom stereocenters. The van der Waals surface area contributed by atoms with Crippen molar-refractivity contribution in [2.24, 2.45) is 0 Å². The minimum Gasteiger partial charge on any atom is -0.508 e. The molecule has 0 bridgehead atoms. The third kappa shape index (κ3) is 4.35. The van der Waals surface area contributed by atoms with Crippen molar-refractivity contribution in [3.63, 3.8) is 0 Å². The van der Waals surface area contributed by atoms with E-state index in [-0.39, 0.29) is 12.1 Å². The van der Waals surface area contributed by atoms with E-state index in [4.69, 9.17) is 4.74 Å². The summed E-state index contributed by atoms with van der Waals surface area (Å²) in [5.74, 6) is 0.376. The van der Waals surface area contributed by atoms with Crippen molar-refractivity contribution in [1.29, 1.82) is 0 Å². The minimum atomic E-state index is 0.172. The molecule has 1 aromatic rings. The molecule has 1 heterocycles. The molecule has 2 rings (SSSR count). The van der Waals surface area contributed by atoms with E-state index in [1.807, 2.05) is 12.1 Å². The number of anilines is 1. The first kappa shape index (κ1) is 16.1. The zero-order valence-corrected chi connectivity index (χ0v) is 13.4. The Bertz CT molecular complexity index is 450. The lowest BCUT2D eigenvalue weighted by molar-refractivity contribution is 0.0821. The molecule has 0 saturated carbocycles. The van der Waals surface area contributed by atoms with Gasteiger partial charge in [0.1, 0.15) is 5.75 Å². The molecule has 21 heavy (non-hydrogen) atoms. The molecule has 0 aromatic heterocycles. The van der Waals surface area contributed by atoms with Crippen molar-refractivity contribution in [2.75, 3.05) is 31.1 Å². The van der Waals surface area contributed by atoms with Crippen LogP contribution in [0.3, 0.4) is 0 Å². The van der Waals surface area contributed by atoms with E-state index in [1.54, 1.807) is 0 Å². The Morgan fingerprint density at radius 2 is 2.29 bits per heavy atom. The number of nitrogens with zero attached hydrogens (tertiary/aromatic N) is 1. The molecule has 1 aliphatic heterocycles. The van der Waals surface area contributed by atoms with Crippen LogP contribution in [0.15, 0.2) is 18.2 Å². The van der Waals surface area contributed by atoms with Crippen LogP contribution in [0.2, 0.25) is 0 Å².